The summed E-state index contributed by atoms with van der Waals surface area (Å²) < 4.78 is 26.7. The van der Waals surface area contributed by atoms with Crippen LogP contribution in [0.1, 0.15) is 181 Å². The van der Waals surface area contributed by atoms with Crippen LogP contribution in [0.25, 0.3) is 0 Å². The number of phosphoric acid groups is 1. The number of ether oxygens (including phenoxy) is 1. The minimum Gasteiger partial charge on any atom is -0.463 e. The van der Waals surface area contributed by atoms with Crippen LogP contribution in [0.3, 0.4) is 0 Å². The van der Waals surface area contributed by atoms with Gasteiger partial charge in [0.05, 0.1) is 13.2 Å². The highest BCUT2D eigenvalue weighted by atomic mass is 31.2. The molecule has 0 aliphatic rings. The molecule has 0 aliphatic heterocycles. The van der Waals surface area contributed by atoms with Crippen molar-refractivity contribution in [3.63, 3.8) is 0 Å². The predicted octanol–water partition coefficient (Wildman–Crippen LogP) is 9.32. The van der Waals surface area contributed by atoms with Crippen molar-refractivity contribution >= 4 is 19.7 Å². The lowest BCUT2D eigenvalue weighted by molar-refractivity contribution is -0.147. The zero-order chi connectivity index (χ0) is 33.3. The molecule has 0 aromatic rings. The van der Waals surface area contributed by atoms with Gasteiger partial charge in [-0.1, -0.05) is 155 Å². The third-order valence-electron chi connectivity index (χ3n) is 8.04. The van der Waals surface area contributed by atoms with Gasteiger partial charge in [-0.05, 0) is 12.8 Å². The summed E-state index contributed by atoms with van der Waals surface area (Å²) in [6.07, 6.45) is 28.8. The highest BCUT2D eigenvalue weighted by Crippen LogP contribution is 2.42. The van der Waals surface area contributed by atoms with Crippen LogP contribution < -0.4 is 5.32 Å². The lowest BCUT2D eigenvalue weighted by Crippen LogP contribution is -2.27. The Hall–Kier alpha value is -0.990. The largest absolute Gasteiger partial charge is 0.472 e. The molecular weight excluding hydrogens is 593 g/mol. The third-order valence-corrected chi connectivity index (χ3v) is 9.02. The molecule has 3 N–H and O–H groups in total. The number of rotatable bonds is 35. The SMILES string of the molecule is CCCCCCCCCCCCCCCC(=O)NCCOP(=O)(O)OCC(O)COC(=O)CCCCCCCCCCCCC. The van der Waals surface area contributed by atoms with Gasteiger partial charge < -0.3 is 20.1 Å². The molecule has 0 aromatic carbocycles. The van der Waals surface area contributed by atoms with Crippen LogP contribution in [0, 0.1) is 0 Å². The lowest BCUT2D eigenvalue weighted by Gasteiger charge is -2.15. The van der Waals surface area contributed by atoms with Crippen LogP contribution >= 0.6 is 7.82 Å². The molecule has 2 atom stereocenters. The monoisotopic (exact) mass is 663 g/mol. The molecule has 0 saturated heterocycles. The van der Waals surface area contributed by atoms with E-state index in [1.807, 2.05) is 0 Å². The minimum absolute atomic E-state index is 0.0877. The van der Waals surface area contributed by atoms with Gasteiger partial charge >= 0.3 is 13.8 Å². The molecule has 0 spiro atoms. The summed E-state index contributed by atoms with van der Waals surface area (Å²) in [4.78, 5) is 33.7. The first-order valence-electron chi connectivity index (χ1n) is 18.5. The van der Waals surface area contributed by atoms with Crippen LogP contribution in [-0.4, -0.2) is 54.3 Å². The maximum atomic E-state index is 12.0. The number of hydrogen-bond acceptors (Lipinski definition) is 7. The molecule has 0 rings (SSSR count). The number of hydrogen-bond donors (Lipinski definition) is 3. The Morgan fingerprint density at radius 3 is 1.44 bits per heavy atom. The van der Waals surface area contributed by atoms with Crippen molar-refractivity contribution in [1.29, 1.82) is 0 Å². The zero-order valence-corrected chi connectivity index (χ0v) is 30.0. The topological polar surface area (TPSA) is 131 Å². The fraction of sp³-hybridized carbons (Fsp3) is 0.943. The van der Waals surface area contributed by atoms with E-state index < -0.39 is 26.5 Å². The summed E-state index contributed by atoms with van der Waals surface area (Å²) in [5, 5.41) is 12.6. The molecule has 268 valence electrons. The summed E-state index contributed by atoms with van der Waals surface area (Å²) >= 11 is 0. The van der Waals surface area contributed by atoms with E-state index in [-0.39, 0.29) is 32.1 Å². The molecule has 10 heteroatoms. The minimum atomic E-state index is -4.40. The Morgan fingerprint density at radius 2 is 1.00 bits per heavy atom. The Bertz CT molecular complexity index is 724. The molecule has 0 heterocycles. The number of aliphatic hydroxyl groups is 1. The molecule has 2 unspecified atom stereocenters. The number of amides is 1. The van der Waals surface area contributed by atoms with Gasteiger partial charge in [-0.15, -0.1) is 0 Å². The predicted molar refractivity (Wildman–Crippen MR) is 183 cm³/mol. The van der Waals surface area contributed by atoms with E-state index in [2.05, 4.69) is 19.2 Å². The second kappa shape index (κ2) is 32.9. The van der Waals surface area contributed by atoms with Crippen LogP contribution in [0.4, 0.5) is 0 Å². The second-order valence-electron chi connectivity index (χ2n) is 12.6. The molecule has 0 fully saturated rings. The first-order chi connectivity index (χ1) is 21.8. The average Bonchev–Trinajstić information content (AvgIpc) is 3.02. The molecule has 0 aromatic heterocycles. The van der Waals surface area contributed by atoms with Gasteiger partial charge in [0.1, 0.15) is 12.7 Å². The Kier molecular flexibility index (Phi) is 32.2. The van der Waals surface area contributed by atoms with Gasteiger partial charge in [0.15, 0.2) is 0 Å². The number of unbranched alkanes of at least 4 members (excludes halogenated alkanes) is 22. The highest BCUT2D eigenvalue weighted by Gasteiger charge is 2.23. The Balaban J connectivity index is 3.60. The van der Waals surface area contributed by atoms with E-state index in [0.29, 0.717) is 6.42 Å². The van der Waals surface area contributed by atoms with Crippen molar-refractivity contribution < 1.29 is 37.9 Å². The van der Waals surface area contributed by atoms with E-state index in [1.165, 1.54) is 116 Å². The van der Waals surface area contributed by atoms with E-state index in [9.17, 15) is 24.2 Å². The Labute approximate surface area is 275 Å². The van der Waals surface area contributed by atoms with Gasteiger partial charge in [-0.3, -0.25) is 18.6 Å². The smallest absolute Gasteiger partial charge is 0.463 e. The number of esters is 1. The van der Waals surface area contributed by atoms with Crippen molar-refractivity contribution in [1.82, 2.24) is 5.32 Å². The van der Waals surface area contributed by atoms with Gasteiger partial charge in [0, 0.05) is 19.4 Å². The number of nitrogens with one attached hydrogen (secondary N) is 1. The van der Waals surface area contributed by atoms with Crippen LogP contribution in [0.15, 0.2) is 0 Å². The van der Waals surface area contributed by atoms with Gasteiger partial charge in [0.25, 0.3) is 0 Å². The molecule has 45 heavy (non-hydrogen) atoms. The van der Waals surface area contributed by atoms with E-state index in [1.54, 1.807) is 0 Å². The summed E-state index contributed by atoms with van der Waals surface area (Å²) in [6, 6.07) is 0. The zero-order valence-electron chi connectivity index (χ0n) is 29.1. The number of carbonyl (C=O) groups excluding carboxylic acids is 2. The van der Waals surface area contributed by atoms with E-state index >= 15 is 0 Å². The fourth-order valence-corrected chi connectivity index (χ4v) is 5.96. The standard InChI is InChI=1S/C35H70NO8P/c1-3-5-7-9-11-13-15-16-18-19-21-23-25-27-34(38)36-29-30-43-45(40,41)44-32-33(37)31-42-35(39)28-26-24-22-20-17-14-12-10-8-6-4-2/h33,37H,3-32H2,1-2H3,(H,36,38)(H,40,41). The summed E-state index contributed by atoms with van der Waals surface area (Å²) in [5.74, 6) is -0.510. The summed E-state index contributed by atoms with van der Waals surface area (Å²) in [7, 11) is -4.40. The first kappa shape index (κ1) is 44.0. The van der Waals surface area contributed by atoms with Crippen molar-refractivity contribution in [3.8, 4) is 0 Å². The number of carbonyl (C=O) groups is 2. The van der Waals surface area contributed by atoms with Gasteiger partial charge in [-0.25, -0.2) is 4.57 Å². The molecular formula is C35H70NO8P. The molecule has 0 bridgehead atoms. The highest BCUT2D eigenvalue weighted by molar-refractivity contribution is 7.47. The summed E-state index contributed by atoms with van der Waals surface area (Å²) in [5.41, 5.74) is 0. The van der Waals surface area contributed by atoms with Gasteiger partial charge in [-0.2, -0.15) is 0 Å². The van der Waals surface area contributed by atoms with E-state index in [4.69, 9.17) is 13.8 Å². The van der Waals surface area contributed by atoms with Crippen LogP contribution in [0.2, 0.25) is 0 Å². The van der Waals surface area contributed by atoms with Crippen LogP contribution in [-0.2, 0) is 27.9 Å². The van der Waals surface area contributed by atoms with Crippen molar-refractivity contribution in [2.24, 2.45) is 0 Å². The molecule has 1 amide bonds. The maximum absolute atomic E-state index is 12.0. The lowest BCUT2D eigenvalue weighted by atomic mass is 10.0. The third kappa shape index (κ3) is 34.2. The first-order valence-corrected chi connectivity index (χ1v) is 20.0. The quantitative estimate of drug-likeness (QED) is 0.0347. The fourth-order valence-electron chi connectivity index (χ4n) is 5.20. The molecule has 0 radical (unpaired) electrons. The second-order valence-corrected chi connectivity index (χ2v) is 14.0. The molecule has 0 saturated carbocycles. The normalized spacial score (nSPS) is 13.4. The molecule has 0 aliphatic carbocycles. The van der Waals surface area contributed by atoms with Crippen molar-refractivity contribution in [2.45, 2.75) is 187 Å². The number of phosphoric ester groups is 1. The van der Waals surface area contributed by atoms with E-state index in [0.717, 1.165) is 38.5 Å². The van der Waals surface area contributed by atoms with Crippen molar-refractivity contribution in [3.05, 3.63) is 0 Å². The molecule has 9 nitrogen and oxygen atoms in total. The van der Waals surface area contributed by atoms with Gasteiger partial charge in [0.2, 0.25) is 5.91 Å². The maximum Gasteiger partial charge on any atom is 0.472 e. The van der Waals surface area contributed by atoms with Crippen LogP contribution in [0.5, 0.6) is 0 Å². The average molecular weight is 664 g/mol. The van der Waals surface area contributed by atoms with Crippen molar-refractivity contribution in [2.75, 3.05) is 26.4 Å². The Morgan fingerprint density at radius 1 is 0.600 bits per heavy atom. The summed E-state index contributed by atoms with van der Waals surface area (Å²) in [6.45, 7) is 3.55. The number of aliphatic hydroxyl groups excluding tert-OH is 1.